The zero-order valence-electron chi connectivity index (χ0n) is 14.8. The van der Waals surface area contributed by atoms with Crippen molar-refractivity contribution >= 4 is 11.7 Å². The molecule has 1 aliphatic heterocycles. The van der Waals surface area contributed by atoms with E-state index < -0.39 is 5.63 Å². The van der Waals surface area contributed by atoms with E-state index in [4.69, 9.17) is 4.42 Å². The van der Waals surface area contributed by atoms with Crippen LogP contribution in [0.15, 0.2) is 52.1 Å². The Morgan fingerprint density at radius 1 is 1.04 bits per heavy atom. The van der Waals surface area contributed by atoms with Crippen LogP contribution in [0.3, 0.4) is 0 Å². The SMILES string of the molecule is Cc1nccn1-c1ccc(N2CCN(C(=O)c3ccc(=O)oc3)CC2)nn1. The normalized spacial score (nSPS) is 14.4. The molecule has 0 aromatic carbocycles. The molecule has 1 amide bonds. The monoisotopic (exact) mass is 366 g/mol. The summed E-state index contributed by atoms with van der Waals surface area (Å²) in [4.78, 5) is 31.5. The molecule has 9 nitrogen and oxygen atoms in total. The average molecular weight is 366 g/mol. The second kappa shape index (κ2) is 7.02. The Balaban J connectivity index is 1.40. The smallest absolute Gasteiger partial charge is 0.335 e. The number of hydrogen-bond donors (Lipinski definition) is 0. The summed E-state index contributed by atoms with van der Waals surface area (Å²) in [6, 6.07) is 6.57. The number of imidazole rings is 1. The minimum atomic E-state index is -0.468. The third-order valence-electron chi connectivity index (χ3n) is 4.55. The van der Waals surface area contributed by atoms with E-state index in [0.29, 0.717) is 37.6 Å². The van der Waals surface area contributed by atoms with Gasteiger partial charge in [-0.3, -0.25) is 9.36 Å². The van der Waals surface area contributed by atoms with Crippen molar-refractivity contribution in [3.05, 3.63) is 64.7 Å². The molecule has 0 aliphatic carbocycles. The van der Waals surface area contributed by atoms with E-state index in [1.165, 1.54) is 18.4 Å². The molecule has 1 fully saturated rings. The molecular weight excluding hydrogens is 348 g/mol. The Morgan fingerprint density at radius 2 is 1.78 bits per heavy atom. The Labute approximate surface area is 154 Å². The summed E-state index contributed by atoms with van der Waals surface area (Å²) in [5.74, 6) is 2.19. The van der Waals surface area contributed by atoms with Crippen LogP contribution < -0.4 is 10.5 Å². The number of piperazine rings is 1. The molecule has 0 N–H and O–H groups in total. The number of carbonyl (C=O) groups excluding carboxylic acids is 1. The summed E-state index contributed by atoms with van der Waals surface area (Å²) >= 11 is 0. The topological polar surface area (TPSA) is 97.4 Å². The first-order valence-electron chi connectivity index (χ1n) is 8.59. The fraction of sp³-hybridized carbons (Fsp3) is 0.278. The lowest BCUT2D eigenvalue weighted by Crippen LogP contribution is -2.49. The minimum absolute atomic E-state index is 0.143. The van der Waals surface area contributed by atoms with Gasteiger partial charge in [-0.05, 0) is 25.1 Å². The van der Waals surface area contributed by atoms with Crippen LogP contribution >= 0.6 is 0 Å². The molecule has 3 aromatic rings. The summed E-state index contributed by atoms with van der Waals surface area (Å²) in [6.45, 7) is 4.33. The molecule has 138 valence electrons. The third-order valence-corrected chi connectivity index (χ3v) is 4.55. The van der Waals surface area contributed by atoms with Gasteiger partial charge in [-0.25, -0.2) is 9.78 Å². The van der Waals surface area contributed by atoms with Crippen molar-refractivity contribution in [3.8, 4) is 5.82 Å². The van der Waals surface area contributed by atoms with Crippen LogP contribution in [-0.2, 0) is 0 Å². The van der Waals surface area contributed by atoms with E-state index in [2.05, 4.69) is 20.1 Å². The number of anilines is 1. The Bertz CT molecular complexity index is 982. The molecule has 0 bridgehead atoms. The van der Waals surface area contributed by atoms with Crippen LogP contribution in [0.2, 0.25) is 0 Å². The van der Waals surface area contributed by atoms with Crippen LogP contribution in [0.25, 0.3) is 5.82 Å². The Morgan fingerprint density at radius 3 is 2.37 bits per heavy atom. The fourth-order valence-electron chi connectivity index (χ4n) is 3.04. The lowest BCUT2D eigenvalue weighted by atomic mass is 10.2. The van der Waals surface area contributed by atoms with Crippen molar-refractivity contribution in [3.63, 3.8) is 0 Å². The highest BCUT2D eigenvalue weighted by Crippen LogP contribution is 2.16. The molecule has 0 spiro atoms. The maximum atomic E-state index is 12.5. The highest BCUT2D eigenvalue weighted by atomic mass is 16.4. The van der Waals surface area contributed by atoms with Crippen LogP contribution in [-0.4, -0.2) is 56.7 Å². The van der Waals surface area contributed by atoms with Crippen molar-refractivity contribution in [2.24, 2.45) is 0 Å². The van der Waals surface area contributed by atoms with Crippen LogP contribution in [0, 0.1) is 6.92 Å². The molecule has 4 heterocycles. The van der Waals surface area contributed by atoms with Gasteiger partial charge in [0.25, 0.3) is 5.91 Å². The summed E-state index contributed by atoms with van der Waals surface area (Å²) < 4.78 is 6.64. The van der Waals surface area contributed by atoms with Gasteiger partial charge in [-0.2, -0.15) is 0 Å². The number of carbonyl (C=O) groups is 1. The minimum Gasteiger partial charge on any atom is -0.430 e. The molecule has 1 aliphatic rings. The zero-order chi connectivity index (χ0) is 18.8. The summed E-state index contributed by atoms with van der Waals surface area (Å²) in [6.07, 6.45) is 4.77. The van der Waals surface area contributed by atoms with E-state index in [1.54, 1.807) is 11.1 Å². The predicted molar refractivity (Wildman–Crippen MR) is 97.0 cm³/mol. The Hall–Kier alpha value is -3.49. The first kappa shape index (κ1) is 17.0. The lowest BCUT2D eigenvalue weighted by molar-refractivity contribution is 0.0743. The first-order valence-corrected chi connectivity index (χ1v) is 8.59. The quantitative estimate of drug-likeness (QED) is 0.679. The van der Waals surface area contributed by atoms with Crippen LogP contribution in [0.5, 0.6) is 0 Å². The number of amides is 1. The van der Waals surface area contributed by atoms with Gasteiger partial charge in [-0.15, -0.1) is 10.2 Å². The predicted octanol–water partition coefficient (Wildman–Crippen LogP) is 0.886. The number of nitrogens with zero attached hydrogens (tertiary/aromatic N) is 6. The van der Waals surface area contributed by atoms with Gasteiger partial charge in [0.1, 0.15) is 12.1 Å². The third kappa shape index (κ3) is 3.43. The van der Waals surface area contributed by atoms with E-state index in [-0.39, 0.29) is 5.91 Å². The second-order valence-corrected chi connectivity index (χ2v) is 6.22. The summed E-state index contributed by atoms with van der Waals surface area (Å²) in [5, 5.41) is 8.59. The maximum absolute atomic E-state index is 12.5. The number of hydrogen-bond acceptors (Lipinski definition) is 7. The van der Waals surface area contributed by atoms with Gasteiger partial charge >= 0.3 is 5.63 Å². The maximum Gasteiger partial charge on any atom is 0.335 e. The van der Waals surface area contributed by atoms with Crippen molar-refractivity contribution in [1.29, 1.82) is 0 Å². The van der Waals surface area contributed by atoms with E-state index in [1.807, 2.05) is 29.8 Å². The van der Waals surface area contributed by atoms with Gasteiger partial charge in [0.05, 0.1) is 5.56 Å². The Kier molecular flexibility index (Phi) is 4.41. The fourth-order valence-corrected chi connectivity index (χ4v) is 3.04. The molecule has 1 saturated heterocycles. The van der Waals surface area contributed by atoms with Gasteiger partial charge in [0.2, 0.25) is 0 Å². The van der Waals surface area contributed by atoms with Gasteiger partial charge in [0, 0.05) is 44.6 Å². The van der Waals surface area contributed by atoms with Gasteiger partial charge in [-0.1, -0.05) is 0 Å². The van der Waals surface area contributed by atoms with Crippen LogP contribution in [0.1, 0.15) is 16.2 Å². The zero-order valence-corrected chi connectivity index (χ0v) is 14.8. The number of aromatic nitrogens is 4. The van der Waals surface area contributed by atoms with E-state index in [9.17, 15) is 9.59 Å². The molecule has 0 unspecified atom stereocenters. The average Bonchev–Trinajstić information content (AvgIpc) is 3.14. The molecule has 27 heavy (non-hydrogen) atoms. The van der Waals surface area contributed by atoms with Crippen LogP contribution in [0.4, 0.5) is 5.82 Å². The second-order valence-electron chi connectivity index (χ2n) is 6.22. The van der Waals surface area contributed by atoms with E-state index >= 15 is 0 Å². The number of rotatable bonds is 3. The molecule has 0 saturated carbocycles. The van der Waals surface area contributed by atoms with Gasteiger partial charge < -0.3 is 14.2 Å². The van der Waals surface area contributed by atoms with Crippen molar-refractivity contribution < 1.29 is 9.21 Å². The summed E-state index contributed by atoms with van der Waals surface area (Å²) in [7, 11) is 0. The largest absolute Gasteiger partial charge is 0.430 e. The first-order chi connectivity index (χ1) is 13.1. The molecule has 0 radical (unpaired) electrons. The molecule has 0 atom stereocenters. The van der Waals surface area contributed by atoms with Crippen molar-refractivity contribution in [2.75, 3.05) is 31.1 Å². The number of aryl methyl sites for hydroxylation is 1. The van der Waals surface area contributed by atoms with E-state index in [0.717, 1.165) is 11.6 Å². The highest BCUT2D eigenvalue weighted by molar-refractivity contribution is 5.93. The highest BCUT2D eigenvalue weighted by Gasteiger charge is 2.23. The molecular formula is C18H18N6O3. The molecule has 3 aromatic heterocycles. The molecule has 4 rings (SSSR count). The van der Waals surface area contributed by atoms with Crippen molar-refractivity contribution in [2.45, 2.75) is 6.92 Å². The summed E-state index contributed by atoms with van der Waals surface area (Å²) in [5.41, 5.74) is -0.0906. The van der Waals surface area contributed by atoms with Gasteiger partial charge in [0.15, 0.2) is 11.6 Å². The van der Waals surface area contributed by atoms with Crippen molar-refractivity contribution in [1.82, 2.24) is 24.6 Å². The molecule has 9 heteroatoms. The lowest BCUT2D eigenvalue weighted by Gasteiger charge is -2.35. The standard InChI is InChI=1S/C18H18N6O3/c1-13-19-6-7-24(13)16-4-3-15(20-21-16)22-8-10-23(11-9-22)18(26)14-2-5-17(25)27-12-14/h2-7,12H,8-11H2,1H3.